The first kappa shape index (κ1) is 24.2. The van der Waals surface area contributed by atoms with Crippen LogP contribution in [0.25, 0.3) is 11.1 Å². The van der Waals surface area contributed by atoms with Crippen molar-refractivity contribution >= 4 is 39.9 Å². The minimum Gasteiger partial charge on any atom is -0.494 e. The summed E-state index contributed by atoms with van der Waals surface area (Å²) in [4.78, 5) is 42.0. The number of hydrogen-bond donors (Lipinski definition) is 1. The van der Waals surface area contributed by atoms with Crippen molar-refractivity contribution in [2.24, 2.45) is 11.3 Å². The molecule has 0 aromatic carbocycles. The van der Waals surface area contributed by atoms with Gasteiger partial charge in [0.05, 0.1) is 42.5 Å². The van der Waals surface area contributed by atoms with Crippen LogP contribution < -0.4 is 10.1 Å². The minimum absolute atomic E-state index is 0.00757. The van der Waals surface area contributed by atoms with Crippen LogP contribution in [0.4, 0.5) is 9.52 Å². The molecule has 0 atom stereocenters. The molecule has 6 rings (SSSR count). The Balaban J connectivity index is 1.15. The van der Waals surface area contributed by atoms with Gasteiger partial charge in [-0.1, -0.05) is 22.9 Å². The Bertz CT molecular complexity index is 1390. The fourth-order valence-electron chi connectivity index (χ4n) is 5.80. The summed E-state index contributed by atoms with van der Waals surface area (Å²) in [6.07, 6.45) is 5.15. The predicted octanol–water partition coefficient (Wildman–Crippen LogP) is 5.19. The van der Waals surface area contributed by atoms with E-state index >= 15 is 0 Å². The molecule has 0 bridgehead atoms. The first-order chi connectivity index (χ1) is 17.7. The van der Waals surface area contributed by atoms with Crippen LogP contribution in [0.1, 0.15) is 52.3 Å². The normalized spacial score (nSPS) is 23.8. The lowest BCUT2D eigenvalue weighted by Crippen LogP contribution is -2.52. The number of nitrogens with one attached hydrogen (secondary N) is 1. The van der Waals surface area contributed by atoms with Crippen molar-refractivity contribution in [2.45, 2.75) is 51.9 Å². The van der Waals surface area contributed by atoms with E-state index in [1.54, 1.807) is 12.1 Å². The number of carbonyl (C=O) groups is 2. The number of aryl methyl sites for hydroxylation is 1. The van der Waals surface area contributed by atoms with Crippen molar-refractivity contribution in [1.29, 1.82) is 0 Å². The Morgan fingerprint density at radius 3 is 2.65 bits per heavy atom. The molecule has 1 spiro atoms. The Labute approximate surface area is 222 Å². The SMILES string of the molecule is COc1cnc(Cl)cc1-c1cc(C)ncc1C(=O)Nc1nc2c(s1)CN(C(=O)C1CC3(CC(F)C3)C1)C2. The lowest BCUT2D eigenvalue weighted by atomic mass is 9.51. The number of pyridine rings is 2. The molecule has 2 amide bonds. The van der Waals surface area contributed by atoms with E-state index < -0.39 is 6.17 Å². The van der Waals surface area contributed by atoms with Crippen molar-refractivity contribution in [3.05, 3.63) is 51.5 Å². The highest BCUT2D eigenvalue weighted by molar-refractivity contribution is 7.16. The van der Waals surface area contributed by atoms with Crippen molar-refractivity contribution < 1.29 is 18.7 Å². The molecule has 4 heterocycles. The van der Waals surface area contributed by atoms with Crippen LogP contribution in [0, 0.1) is 18.3 Å². The number of halogens is 2. The third-order valence-electron chi connectivity index (χ3n) is 7.63. The van der Waals surface area contributed by atoms with Gasteiger partial charge in [-0.05, 0) is 50.2 Å². The summed E-state index contributed by atoms with van der Waals surface area (Å²) < 4.78 is 18.7. The number of hydrogen-bond acceptors (Lipinski definition) is 7. The Morgan fingerprint density at radius 1 is 1.16 bits per heavy atom. The van der Waals surface area contributed by atoms with Gasteiger partial charge in [-0.2, -0.15) is 0 Å². The number of alkyl halides is 1. The molecule has 1 N–H and O–H groups in total. The van der Waals surface area contributed by atoms with Crippen LogP contribution >= 0.6 is 22.9 Å². The number of nitrogens with zero attached hydrogens (tertiary/aromatic N) is 4. The summed E-state index contributed by atoms with van der Waals surface area (Å²) in [5.74, 6) is 0.251. The number of ether oxygens (including phenoxy) is 1. The van der Waals surface area contributed by atoms with Crippen LogP contribution in [0.5, 0.6) is 5.75 Å². The summed E-state index contributed by atoms with van der Waals surface area (Å²) in [7, 11) is 1.53. The summed E-state index contributed by atoms with van der Waals surface area (Å²) in [6.45, 7) is 2.76. The smallest absolute Gasteiger partial charge is 0.259 e. The van der Waals surface area contributed by atoms with Gasteiger partial charge in [0, 0.05) is 28.9 Å². The second kappa shape index (κ2) is 9.02. The zero-order chi connectivity index (χ0) is 25.9. The first-order valence-corrected chi connectivity index (χ1v) is 13.3. The molecule has 1 aliphatic heterocycles. The van der Waals surface area contributed by atoms with E-state index in [0.29, 0.717) is 53.5 Å². The molecule has 0 radical (unpaired) electrons. The lowest BCUT2D eigenvalue weighted by Gasteiger charge is -2.55. The highest BCUT2D eigenvalue weighted by atomic mass is 35.5. The van der Waals surface area contributed by atoms with Crippen molar-refractivity contribution in [3.63, 3.8) is 0 Å². The Kier molecular flexibility index (Phi) is 5.91. The topological polar surface area (TPSA) is 97.3 Å². The van der Waals surface area contributed by atoms with Crippen molar-refractivity contribution in [1.82, 2.24) is 19.9 Å². The van der Waals surface area contributed by atoms with Crippen LogP contribution in [0.2, 0.25) is 5.15 Å². The average Bonchev–Trinajstić information content (AvgIpc) is 3.38. The monoisotopic (exact) mass is 541 g/mol. The van der Waals surface area contributed by atoms with Crippen LogP contribution in [-0.4, -0.2) is 44.9 Å². The second-order valence-electron chi connectivity index (χ2n) is 10.2. The molecule has 8 nitrogen and oxygen atoms in total. The maximum absolute atomic E-state index is 13.3. The first-order valence-electron chi connectivity index (χ1n) is 12.1. The molecule has 0 unspecified atom stereocenters. The number of carbonyl (C=O) groups excluding carboxylic acids is 2. The molecule has 3 aliphatic rings. The van der Waals surface area contributed by atoms with Gasteiger partial charge >= 0.3 is 0 Å². The minimum atomic E-state index is -0.691. The van der Waals surface area contributed by atoms with Crippen LogP contribution in [-0.2, 0) is 17.9 Å². The van der Waals surface area contributed by atoms with Gasteiger partial charge in [-0.3, -0.25) is 19.9 Å². The van der Waals surface area contributed by atoms with Crippen LogP contribution in [0.3, 0.4) is 0 Å². The summed E-state index contributed by atoms with van der Waals surface area (Å²) in [6, 6.07) is 3.45. The van der Waals surface area contributed by atoms with Gasteiger partial charge in [0.2, 0.25) is 5.91 Å². The molecule has 2 saturated carbocycles. The molecule has 3 aromatic rings. The summed E-state index contributed by atoms with van der Waals surface area (Å²) in [5.41, 5.74) is 3.23. The second-order valence-corrected chi connectivity index (χ2v) is 11.7. The molecule has 0 saturated heterocycles. The van der Waals surface area contributed by atoms with Crippen LogP contribution in [0.15, 0.2) is 24.5 Å². The number of thiazole rings is 1. The van der Waals surface area contributed by atoms with E-state index in [4.69, 9.17) is 16.3 Å². The number of anilines is 1. The fourth-order valence-corrected chi connectivity index (χ4v) is 6.94. The van der Waals surface area contributed by atoms with Crippen molar-refractivity contribution in [2.75, 3.05) is 12.4 Å². The molecule has 11 heteroatoms. The third-order valence-corrected chi connectivity index (χ3v) is 8.84. The van der Waals surface area contributed by atoms with E-state index in [1.165, 1.54) is 30.8 Å². The van der Waals surface area contributed by atoms with Gasteiger partial charge in [-0.15, -0.1) is 0 Å². The maximum Gasteiger partial charge on any atom is 0.259 e. The molecule has 37 heavy (non-hydrogen) atoms. The molecule has 2 fully saturated rings. The largest absolute Gasteiger partial charge is 0.494 e. The molecular weight excluding hydrogens is 517 g/mol. The van der Waals surface area contributed by atoms with E-state index in [0.717, 1.165) is 29.1 Å². The standard InChI is InChI=1S/C26H25ClFN5O3S/c1-13-3-16(17-4-22(27)30-10-20(17)36-2)18(9-29-13)23(34)32-25-31-19-11-33(12-21(19)37-25)24(35)14-5-26(6-14)7-15(28)8-26/h3-4,9-10,14-15H,5-8,11-12H2,1-2H3,(H,31,32,34). The highest BCUT2D eigenvalue weighted by Gasteiger charge is 2.56. The van der Waals surface area contributed by atoms with Gasteiger partial charge in [-0.25, -0.2) is 14.4 Å². The highest BCUT2D eigenvalue weighted by Crippen LogP contribution is 2.60. The van der Waals surface area contributed by atoms with E-state index in [9.17, 15) is 14.0 Å². The van der Waals surface area contributed by atoms with Gasteiger partial charge < -0.3 is 9.64 Å². The number of aromatic nitrogens is 3. The molecule has 2 aliphatic carbocycles. The number of fused-ring (bicyclic) bond motifs is 1. The maximum atomic E-state index is 13.3. The van der Waals surface area contributed by atoms with E-state index in [-0.39, 0.29) is 28.3 Å². The van der Waals surface area contributed by atoms with Gasteiger partial charge in [0.25, 0.3) is 5.91 Å². The molecule has 3 aromatic heterocycles. The Hall–Kier alpha value is -3.11. The predicted molar refractivity (Wildman–Crippen MR) is 137 cm³/mol. The van der Waals surface area contributed by atoms with E-state index in [1.807, 2.05) is 11.8 Å². The zero-order valence-electron chi connectivity index (χ0n) is 20.4. The number of amides is 2. The third kappa shape index (κ3) is 4.35. The van der Waals surface area contributed by atoms with Gasteiger partial charge in [0.1, 0.15) is 17.1 Å². The zero-order valence-corrected chi connectivity index (χ0v) is 22.0. The van der Waals surface area contributed by atoms with Crippen molar-refractivity contribution in [3.8, 4) is 16.9 Å². The summed E-state index contributed by atoms with van der Waals surface area (Å²) in [5, 5.41) is 3.64. The van der Waals surface area contributed by atoms with E-state index in [2.05, 4.69) is 20.3 Å². The molecular formula is C26H25ClFN5O3S. The number of rotatable bonds is 5. The number of methoxy groups -OCH3 is 1. The summed E-state index contributed by atoms with van der Waals surface area (Å²) >= 11 is 7.50. The Morgan fingerprint density at radius 2 is 1.95 bits per heavy atom. The van der Waals surface area contributed by atoms with Gasteiger partial charge in [0.15, 0.2) is 5.13 Å². The quantitative estimate of drug-likeness (QED) is 0.446. The lowest BCUT2D eigenvalue weighted by molar-refractivity contribution is -0.153. The fraction of sp³-hybridized carbons (Fsp3) is 0.423. The average molecular weight is 542 g/mol. The molecule has 192 valence electrons.